The summed E-state index contributed by atoms with van der Waals surface area (Å²) in [6.45, 7) is 2.35. The van der Waals surface area contributed by atoms with Gasteiger partial charge in [-0.15, -0.1) is 0 Å². The number of alkyl halides is 3. The topological polar surface area (TPSA) is 46.8 Å². The third-order valence-electron chi connectivity index (χ3n) is 4.29. The van der Waals surface area contributed by atoms with Crippen molar-refractivity contribution < 1.29 is 22.7 Å². The number of rotatable bonds is 5. The number of nitrogens with zero attached hydrogens (tertiary/aromatic N) is 3. The van der Waals surface area contributed by atoms with E-state index in [1.54, 1.807) is 41.6 Å². The maximum Gasteiger partial charge on any atom is 0.416 e. The van der Waals surface area contributed by atoms with Crippen LogP contribution in [0, 0.1) is 11.8 Å². The van der Waals surface area contributed by atoms with Gasteiger partial charge in [0, 0.05) is 18.3 Å². The summed E-state index contributed by atoms with van der Waals surface area (Å²) < 4.78 is 45.6. The van der Waals surface area contributed by atoms with Crippen LogP contribution in [-0.4, -0.2) is 40.5 Å². The highest BCUT2D eigenvalue weighted by Gasteiger charge is 2.30. The summed E-state index contributed by atoms with van der Waals surface area (Å²) >= 11 is 6.10. The highest BCUT2D eigenvalue weighted by atomic mass is 35.5. The first kappa shape index (κ1) is 22.7. The monoisotopic (exact) mass is 449 g/mol. The summed E-state index contributed by atoms with van der Waals surface area (Å²) in [5.74, 6) is 5.34. The van der Waals surface area contributed by atoms with Crippen LogP contribution in [-0.2, 0) is 22.3 Å². The van der Waals surface area contributed by atoms with Crippen LogP contribution in [0.15, 0.2) is 42.6 Å². The molecule has 0 bridgehead atoms. The maximum atomic E-state index is 13.0. The Morgan fingerprint density at radius 1 is 1.26 bits per heavy atom. The van der Waals surface area contributed by atoms with Crippen LogP contribution in [0.4, 0.5) is 13.2 Å². The molecule has 0 spiro atoms. The molecular weight excluding hydrogens is 431 g/mol. The lowest BCUT2D eigenvalue weighted by Gasteiger charge is -2.14. The highest BCUT2D eigenvalue weighted by Crippen LogP contribution is 2.29. The number of ether oxygens (including phenoxy) is 1. The number of likely N-dealkylation sites (N-methyl/N-ethyl adjacent to an activating group) is 1. The number of esters is 1. The molecule has 0 aliphatic heterocycles. The third kappa shape index (κ3) is 5.78. The van der Waals surface area contributed by atoms with E-state index in [4.69, 9.17) is 16.3 Å². The quantitative estimate of drug-likeness (QED) is 0.428. The van der Waals surface area contributed by atoms with Crippen molar-refractivity contribution in [1.29, 1.82) is 0 Å². The molecule has 0 atom stereocenters. The van der Waals surface area contributed by atoms with Crippen LogP contribution in [0.3, 0.4) is 0 Å². The minimum Gasteiger partial charge on any atom is -0.465 e. The molecule has 0 saturated heterocycles. The second kappa shape index (κ2) is 9.41. The van der Waals surface area contributed by atoms with Crippen molar-refractivity contribution >= 4 is 23.2 Å². The molecule has 3 aromatic rings. The lowest BCUT2D eigenvalue weighted by Crippen LogP contribution is -2.27. The number of fused-ring (bicyclic) bond motifs is 1. The van der Waals surface area contributed by atoms with Crippen molar-refractivity contribution in [3.8, 4) is 11.8 Å². The van der Waals surface area contributed by atoms with Crippen molar-refractivity contribution in [3.63, 3.8) is 0 Å². The zero-order valence-corrected chi connectivity index (χ0v) is 17.6. The Morgan fingerprint density at radius 2 is 2.03 bits per heavy atom. The van der Waals surface area contributed by atoms with E-state index >= 15 is 0 Å². The van der Waals surface area contributed by atoms with E-state index in [0.717, 1.165) is 12.1 Å². The predicted molar refractivity (Wildman–Crippen MR) is 111 cm³/mol. The summed E-state index contributed by atoms with van der Waals surface area (Å²) in [5, 5.41) is 0.457. The van der Waals surface area contributed by atoms with Crippen molar-refractivity contribution in [2.75, 3.05) is 20.2 Å². The largest absolute Gasteiger partial charge is 0.465 e. The Kier molecular flexibility index (Phi) is 6.88. The average Bonchev–Trinajstić information content (AvgIpc) is 3.02. The minimum atomic E-state index is -4.45. The van der Waals surface area contributed by atoms with Gasteiger partial charge in [-0.25, -0.2) is 4.98 Å². The van der Waals surface area contributed by atoms with Crippen molar-refractivity contribution in [1.82, 2.24) is 14.3 Å². The standard InChI is InChI=1S/C22H19ClF3N3O2/c1-3-31-21(30)14-28(2)13-18-19(29-12-17(23)8-10-20(29)27-18)9-7-15-5-4-6-16(11-15)22(24,25)26/h4-6,8,10-12H,3,13-14H2,1-2H3. The predicted octanol–water partition coefficient (Wildman–Crippen LogP) is 4.40. The lowest BCUT2D eigenvalue weighted by molar-refractivity contribution is -0.144. The second-order valence-electron chi connectivity index (χ2n) is 6.79. The Bertz CT molecular complexity index is 1160. The molecule has 1 aromatic carbocycles. The van der Waals surface area contributed by atoms with Crippen molar-refractivity contribution in [2.45, 2.75) is 19.6 Å². The number of carbonyl (C=O) groups is 1. The number of imidazole rings is 1. The normalized spacial score (nSPS) is 11.5. The molecule has 0 unspecified atom stereocenters. The Hall–Kier alpha value is -3.02. The Balaban J connectivity index is 1.98. The first-order valence-electron chi connectivity index (χ1n) is 9.37. The molecule has 162 valence electrons. The van der Waals surface area contributed by atoms with Gasteiger partial charge in [0.05, 0.1) is 29.4 Å². The maximum absolute atomic E-state index is 13.0. The van der Waals surface area contributed by atoms with E-state index in [2.05, 4.69) is 16.8 Å². The van der Waals surface area contributed by atoms with E-state index in [0.29, 0.717) is 22.1 Å². The van der Waals surface area contributed by atoms with Crippen LogP contribution >= 0.6 is 11.6 Å². The molecule has 0 amide bonds. The molecule has 0 aliphatic rings. The molecule has 31 heavy (non-hydrogen) atoms. The summed E-state index contributed by atoms with van der Waals surface area (Å²) in [5.41, 5.74) is 1.07. The number of benzene rings is 1. The molecular formula is C22H19ClF3N3O2. The number of aromatic nitrogens is 2. The number of hydrogen-bond acceptors (Lipinski definition) is 4. The van der Waals surface area contributed by atoms with Gasteiger partial charge in [-0.3, -0.25) is 14.1 Å². The van der Waals surface area contributed by atoms with Crippen LogP contribution in [0.5, 0.6) is 0 Å². The molecule has 9 heteroatoms. The number of pyridine rings is 1. The molecule has 0 fully saturated rings. The van der Waals surface area contributed by atoms with Gasteiger partial charge in [0.2, 0.25) is 0 Å². The molecule has 0 saturated carbocycles. The van der Waals surface area contributed by atoms with Crippen LogP contribution in [0.2, 0.25) is 5.02 Å². The fourth-order valence-electron chi connectivity index (χ4n) is 2.95. The SMILES string of the molecule is CCOC(=O)CN(C)Cc1nc2ccc(Cl)cn2c1C#Cc1cccc(C(F)(F)F)c1. The smallest absolute Gasteiger partial charge is 0.416 e. The van der Waals surface area contributed by atoms with E-state index in [-0.39, 0.29) is 31.2 Å². The second-order valence-corrected chi connectivity index (χ2v) is 7.22. The van der Waals surface area contributed by atoms with E-state index in [1.165, 1.54) is 12.1 Å². The molecule has 2 aromatic heterocycles. The van der Waals surface area contributed by atoms with Crippen molar-refractivity contribution in [2.24, 2.45) is 0 Å². The van der Waals surface area contributed by atoms with Gasteiger partial charge in [0.25, 0.3) is 0 Å². The fourth-order valence-corrected chi connectivity index (χ4v) is 3.11. The van der Waals surface area contributed by atoms with Crippen molar-refractivity contribution in [3.05, 3.63) is 70.1 Å². The minimum absolute atomic E-state index is 0.0585. The lowest BCUT2D eigenvalue weighted by atomic mass is 10.1. The van der Waals surface area contributed by atoms with Crippen LogP contribution in [0.25, 0.3) is 5.65 Å². The Labute approximate surface area is 182 Å². The molecule has 2 heterocycles. The molecule has 5 nitrogen and oxygen atoms in total. The molecule has 3 rings (SSSR count). The summed E-state index contributed by atoms with van der Waals surface area (Å²) in [4.78, 5) is 18.0. The zero-order valence-electron chi connectivity index (χ0n) is 16.8. The highest BCUT2D eigenvalue weighted by molar-refractivity contribution is 6.30. The third-order valence-corrected chi connectivity index (χ3v) is 4.52. The number of carbonyl (C=O) groups excluding carboxylic acids is 1. The molecule has 0 aliphatic carbocycles. The molecule has 0 radical (unpaired) electrons. The van der Waals surface area contributed by atoms with Gasteiger partial charge in [-0.2, -0.15) is 13.2 Å². The number of halogens is 4. The van der Waals surface area contributed by atoms with Crippen LogP contribution in [0.1, 0.15) is 29.4 Å². The van der Waals surface area contributed by atoms with Gasteiger partial charge in [0.1, 0.15) is 11.3 Å². The zero-order chi connectivity index (χ0) is 22.6. The van der Waals surface area contributed by atoms with E-state index in [1.807, 2.05) is 0 Å². The van der Waals surface area contributed by atoms with E-state index < -0.39 is 11.7 Å². The van der Waals surface area contributed by atoms with E-state index in [9.17, 15) is 18.0 Å². The van der Waals surface area contributed by atoms with Gasteiger partial charge in [-0.05, 0) is 50.2 Å². The summed E-state index contributed by atoms with van der Waals surface area (Å²) in [7, 11) is 1.73. The summed E-state index contributed by atoms with van der Waals surface area (Å²) in [6, 6.07) is 8.20. The first-order valence-corrected chi connectivity index (χ1v) is 9.75. The van der Waals surface area contributed by atoms with Gasteiger partial charge >= 0.3 is 12.1 Å². The summed E-state index contributed by atoms with van der Waals surface area (Å²) in [6.07, 6.45) is -2.82. The molecule has 0 N–H and O–H groups in total. The van der Waals surface area contributed by atoms with Gasteiger partial charge in [-0.1, -0.05) is 23.6 Å². The van der Waals surface area contributed by atoms with Gasteiger partial charge in [0.15, 0.2) is 0 Å². The number of hydrogen-bond donors (Lipinski definition) is 0. The Morgan fingerprint density at radius 3 is 2.74 bits per heavy atom. The average molecular weight is 450 g/mol. The first-order chi connectivity index (χ1) is 14.7. The fraction of sp³-hybridized carbons (Fsp3) is 0.273. The van der Waals surface area contributed by atoms with Gasteiger partial charge < -0.3 is 4.74 Å². The van der Waals surface area contributed by atoms with Crippen LogP contribution < -0.4 is 0 Å².